The van der Waals surface area contributed by atoms with Gasteiger partial charge in [0.15, 0.2) is 5.82 Å². The molecule has 1 atom stereocenters. The summed E-state index contributed by atoms with van der Waals surface area (Å²) in [4.78, 5) is 6.78. The van der Waals surface area contributed by atoms with E-state index in [1.807, 2.05) is 6.92 Å². The minimum atomic E-state index is 0.0000816. The minimum Gasteiger partial charge on any atom is -0.368 e. The molecule has 4 heterocycles. The molecule has 2 aromatic rings. The van der Waals surface area contributed by atoms with E-state index in [0.717, 1.165) is 50.6 Å². The van der Waals surface area contributed by atoms with Gasteiger partial charge in [0, 0.05) is 25.4 Å². The molecule has 0 radical (unpaired) electrons. The summed E-state index contributed by atoms with van der Waals surface area (Å²) < 4.78 is 13.0. The second-order valence-corrected chi connectivity index (χ2v) is 6.27. The fourth-order valence-corrected chi connectivity index (χ4v) is 3.28. The molecule has 0 aliphatic carbocycles. The number of nitrogens with zero attached hydrogens (tertiary/aromatic N) is 5. The van der Waals surface area contributed by atoms with Gasteiger partial charge in [-0.1, -0.05) is 5.16 Å². The van der Waals surface area contributed by atoms with Gasteiger partial charge in [-0.05, 0) is 32.8 Å². The monoisotopic (exact) mass is 303 g/mol. The minimum absolute atomic E-state index is 0.0000816. The molecule has 7 nitrogen and oxygen atoms in total. The molecule has 2 aromatic heterocycles. The van der Waals surface area contributed by atoms with E-state index in [0.29, 0.717) is 11.9 Å². The summed E-state index contributed by atoms with van der Waals surface area (Å²) in [6.45, 7) is 7.62. The maximum Gasteiger partial charge on any atom is 0.255 e. The van der Waals surface area contributed by atoms with Crippen LogP contribution < -0.4 is 0 Å². The Bertz CT molecular complexity index is 653. The number of ether oxygens (including phenoxy) is 1. The quantitative estimate of drug-likeness (QED) is 0.857. The van der Waals surface area contributed by atoms with E-state index in [4.69, 9.17) is 9.26 Å². The van der Waals surface area contributed by atoms with Crippen molar-refractivity contribution in [2.75, 3.05) is 19.7 Å². The van der Waals surface area contributed by atoms with Crippen LogP contribution in [0.2, 0.25) is 0 Å². The highest BCUT2D eigenvalue weighted by Gasteiger charge is 2.31. The van der Waals surface area contributed by atoms with E-state index < -0.39 is 0 Å². The first kappa shape index (κ1) is 13.9. The van der Waals surface area contributed by atoms with Crippen LogP contribution in [0.1, 0.15) is 48.1 Å². The fraction of sp³-hybridized carbons (Fsp3) is 0.667. The van der Waals surface area contributed by atoms with Gasteiger partial charge >= 0.3 is 0 Å². The van der Waals surface area contributed by atoms with Crippen molar-refractivity contribution in [1.29, 1.82) is 0 Å². The van der Waals surface area contributed by atoms with Crippen molar-refractivity contribution < 1.29 is 9.26 Å². The molecule has 2 saturated heterocycles. The molecule has 22 heavy (non-hydrogen) atoms. The Morgan fingerprint density at radius 2 is 2.18 bits per heavy atom. The summed E-state index contributed by atoms with van der Waals surface area (Å²) in [5.74, 6) is 1.38. The summed E-state index contributed by atoms with van der Waals surface area (Å²) in [6, 6.07) is 2.58. The Morgan fingerprint density at radius 3 is 2.86 bits per heavy atom. The number of aromatic nitrogens is 4. The molecule has 4 rings (SSSR count). The van der Waals surface area contributed by atoms with Gasteiger partial charge in [0.05, 0.1) is 18.3 Å². The number of likely N-dealkylation sites (tertiary alicyclic amines) is 1. The first-order valence-corrected chi connectivity index (χ1v) is 7.88. The largest absolute Gasteiger partial charge is 0.368 e. The Hall–Kier alpha value is -1.73. The van der Waals surface area contributed by atoms with Gasteiger partial charge in [-0.3, -0.25) is 9.58 Å². The summed E-state index contributed by atoms with van der Waals surface area (Å²) in [7, 11) is 0. The summed E-state index contributed by atoms with van der Waals surface area (Å²) in [6.07, 6.45) is 2.05. The first-order chi connectivity index (χ1) is 10.7. The zero-order valence-corrected chi connectivity index (χ0v) is 13.0. The topological polar surface area (TPSA) is 69.2 Å². The van der Waals surface area contributed by atoms with Crippen LogP contribution in [0.3, 0.4) is 0 Å². The van der Waals surface area contributed by atoms with Crippen molar-refractivity contribution in [3.05, 3.63) is 29.2 Å². The highest BCUT2D eigenvalue weighted by atomic mass is 16.5. The summed E-state index contributed by atoms with van der Waals surface area (Å²) in [5.41, 5.74) is 2.30. The number of hydrogen-bond donors (Lipinski definition) is 0. The smallest absolute Gasteiger partial charge is 0.255 e. The average Bonchev–Trinajstić information content (AvgIpc) is 3.14. The van der Waals surface area contributed by atoms with E-state index in [1.165, 1.54) is 5.69 Å². The maximum atomic E-state index is 5.57. The normalized spacial score (nSPS) is 23.1. The third-order valence-electron chi connectivity index (χ3n) is 4.38. The summed E-state index contributed by atoms with van der Waals surface area (Å²) in [5, 5.41) is 8.63. The lowest BCUT2D eigenvalue weighted by Gasteiger charge is -2.38. The molecular formula is C15H21N5O2. The summed E-state index contributed by atoms with van der Waals surface area (Å²) >= 11 is 0. The van der Waals surface area contributed by atoms with Crippen molar-refractivity contribution in [3.8, 4) is 0 Å². The predicted molar refractivity (Wildman–Crippen MR) is 78.2 cm³/mol. The fourth-order valence-electron chi connectivity index (χ4n) is 3.28. The van der Waals surface area contributed by atoms with Gasteiger partial charge in [-0.2, -0.15) is 10.1 Å². The number of aryl methyl sites for hydroxylation is 2. The van der Waals surface area contributed by atoms with Gasteiger partial charge in [-0.15, -0.1) is 0 Å². The van der Waals surface area contributed by atoms with Crippen molar-refractivity contribution in [1.82, 2.24) is 24.8 Å². The van der Waals surface area contributed by atoms with E-state index in [-0.39, 0.29) is 6.10 Å². The number of hydrogen-bond acceptors (Lipinski definition) is 6. The first-order valence-electron chi connectivity index (χ1n) is 7.88. The molecule has 7 heteroatoms. The third kappa shape index (κ3) is 2.55. The van der Waals surface area contributed by atoms with Gasteiger partial charge < -0.3 is 9.26 Å². The molecule has 0 N–H and O–H groups in total. The Morgan fingerprint density at radius 1 is 1.32 bits per heavy atom. The van der Waals surface area contributed by atoms with E-state index in [9.17, 15) is 0 Å². The lowest BCUT2D eigenvalue weighted by atomic mass is 10.1. The second kappa shape index (κ2) is 5.48. The van der Waals surface area contributed by atoms with Gasteiger partial charge in [0.2, 0.25) is 0 Å². The SMILES string of the molecule is Cc1cc(C)n(C2CN(Cc3noc([C@@H]4CCCO4)n3)C2)n1. The van der Waals surface area contributed by atoms with Crippen molar-refractivity contribution >= 4 is 0 Å². The average molecular weight is 303 g/mol. The Balaban J connectivity index is 1.33. The predicted octanol–water partition coefficient (Wildman–Crippen LogP) is 1.79. The molecule has 2 aliphatic heterocycles. The highest BCUT2D eigenvalue weighted by Crippen LogP contribution is 2.28. The second-order valence-electron chi connectivity index (χ2n) is 6.27. The molecular weight excluding hydrogens is 282 g/mol. The molecule has 0 aromatic carbocycles. The maximum absolute atomic E-state index is 5.57. The lowest BCUT2D eigenvalue weighted by Crippen LogP contribution is -2.47. The van der Waals surface area contributed by atoms with Gasteiger partial charge in [-0.25, -0.2) is 0 Å². The van der Waals surface area contributed by atoms with Crippen LogP contribution in [0.5, 0.6) is 0 Å². The number of rotatable bonds is 4. The molecule has 118 valence electrons. The molecule has 0 amide bonds. The van der Waals surface area contributed by atoms with Gasteiger partial charge in [0.25, 0.3) is 5.89 Å². The Kier molecular flexibility index (Phi) is 3.46. The highest BCUT2D eigenvalue weighted by molar-refractivity contribution is 5.09. The third-order valence-corrected chi connectivity index (χ3v) is 4.38. The standard InChI is InChI=1S/C15H21N5O2/c1-10-6-11(2)20(17-10)12-7-19(8-12)9-14-16-15(22-18-14)13-4-3-5-21-13/h6,12-13H,3-5,7-9H2,1-2H3/t13-/m0/s1. The lowest BCUT2D eigenvalue weighted by molar-refractivity contribution is 0.0829. The van der Waals surface area contributed by atoms with Crippen LogP contribution in [0, 0.1) is 13.8 Å². The van der Waals surface area contributed by atoms with Crippen LogP contribution in [-0.2, 0) is 11.3 Å². The van der Waals surface area contributed by atoms with Crippen LogP contribution in [0.15, 0.2) is 10.6 Å². The van der Waals surface area contributed by atoms with E-state index in [2.05, 4.69) is 37.8 Å². The molecule has 0 bridgehead atoms. The molecule has 2 fully saturated rings. The zero-order valence-electron chi connectivity index (χ0n) is 13.0. The van der Waals surface area contributed by atoms with E-state index in [1.54, 1.807) is 0 Å². The molecule has 2 aliphatic rings. The Labute approximate surface area is 129 Å². The van der Waals surface area contributed by atoms with Crippen molar-refractivity contribution in [2.45, 2.75) is 45.4 Å². The van der Waals surface area contributed by atoms with Crippen LogP contribution in [0.4, 0.5) is 0 Å². The van der Waals surface area contributed by atoms with Crippen molar-refractivity contribution in [2.24, 2.45) is 0 Å². The molecule has 0 unspecified atom stereocenters. The van der Waals surface area contributed by atoms with Crippen LogP contribution >= 0.6 is 0 Å². The van der Waals surface area contributed by atoms with Crippen LogP contribution in [0.25, 0.3) is 0 Å². The molecule has 0 saturated carbocycles. The zero-order chi connectivity index (χ0) is 15.1. The van der Waals surface area contributed by atoms with E-state index >= 15 is 0 Å². The molecule has 0 spiro atoms. The van der Waals surface area contributed by atoms with Crippen LogP contribution in [-0.4, -0.2) is 44.5 Å². The van der Waals surface area contributed by atoms with Crippen molar-refractivity contribution in [3.63, 3.8) is 0 Å². The van der Waals surface area contributed by atoms with Gasteiger partial charge in [0.1, 0.15) is 6.10 Å².